The largest absolute Gasteiger partial charge is 0.323 e. The number of nitrogens with zero attached hydrogens (tertiary/aromatic N) is 4. The van der Waals surface area contributed by atoms with Crippen molar-refractivity contribution < 1.29 is 0 Å². The number of aromatic nitrogens is 4. The summed E-state index contributed by atoms with van der Waals surface area (Å²) >= 11 is 1.74. The molecule has 4 aromatic carbocycles. The van der Waals surface area contributed by atoms with Crippen LogP contribution < -0.4 is 0 Å². The van der Waals surface area contributed by atoms with Gasteiger partial charge in [-0.15, -0.1) is 11.3 Å². The molecule has 4 heterocycles. The minimum Gasteiger partial charge on any atom is -0.323 e. The van der Waals surface area contributed by atoms with Crippen LogP contribution in [0.3, 0.4) is 0 Å². The molecule has 0 unspecified atom stereocenters. The van der Waals surface area contributed by atoms with Crippen LogP contribution in [0.15, 0.2) is 134 Å². The number of pyridine rings is 1. The highest BCUT2D eigenvalue weighted by Gasteiger charge is 2.19. The number of hydrogen-bond donors (Lipinski definition) is 0. The standard InChI is InChI=1S/C34H22N4S/c1-3-15-30-25(12-1)26-21-31(37-18-7-8-19-37)27(34-36-29-14-2-4-16-33(29)39-34)22-32(26)38(30)24-11-9-10-23(20-24)28-13-5-6-17-35-28/h1-22H. The molecule has 0 radical (unpaired) electrons. The molecule has 8 rings (SSSR count). The van der Waals surface area contributed by atoms with E-state index in [1.807, 2.05) is 24.4 Å². The van der Waals surface area contributed by atoms with Gasteiger partial charge in [0.25, 0.3) is 0 Å². The van der Waals surface area contributed by atoms with Gasteiger partial charge in [-0.1, -0.05) is 48.5 Å². The summed E-state index contributed by atoms with van der Waals surface area (Å²) in [7, 11) is 0. The minimum absolute atomic E-state index is 0.963. The number of para-hydroxylation sites is 2. The molecule has 0 bridgehead atoms. The van der Waals surface area contributed by atoms with Crippen molar-refractivity contribution >= 4 is 43.4 Å². The first-order valence-corrected chi connectivity index (χ1v) is 13.7. The summed E-state index contributed by atoms with van der Waals surface area (Å²) in [5, 5.41) is 3.45. The first-order chi connectivity index (χ1) is 19.3. The molecule has 4 aromatic heterocycles. The van der Waals surface area contributed by atoms with E-state index < -0.39 is 0 Å². The molecule has 0 aliphatic carbocycles. The summed E-state index contributed by atoms with van der Waals surface area (Å²) in [5.74, 6) is 0. The number of benzene rings is 4. The second kappa shape index (κ2) is 8.79. The van der Waals surface area contributed by atoms with Crippen LogP contribution in [-0.2, 0) is 0 Å². The summed E-state index contributed by atoms with van der Waals surface area (Å²) < 4.78 is 5.75. The third kappa shape index (κ3) is 3.59. The van der Waals surface area contributed by atoms with Crippen molar-refractivity contribution in [3.05, 3.63) is 134 Å². The van der Waals surface area contributed by atoms with Gasteiger partial charge in [0.15, 0.2) is 0 Å². The number of fused-ring (bicyclic) bond motifs is 4. The van der Waals surface area contributed by atoms with Crippen LogP contribution in [0.2, 0.25) is 0 Å². The van der Waals surface area contributed by atoms with Gasteiger partial charge < -0.3 is 9.13 Å². The fourth-order valence-corrected chi connectivity index (χ4v) is 6.48. The molecule has 184 valence electrons. The van der Waals surface area contributed by atoms with Gasteiger partial charge in [-0.3, -0.25) is 4.98 Å². The number of hydrogen-bond acceptors (Lipinski definition) is 3. The van der Waals surface area contributed by atoms with Crippen LogP contribution in [0.4, 0.5) is 0 Å². The fraction of sp³-hybridized carbons (Fsp3) is 0. The van der Waals surface area contributed by atoms with Crippen LogP contribution in [0, 0.1) is 0 Å². The molecule has 0 saturated carbocycles. The van der Waals surface area contributed by atoms with Crippen molar-refractivity contribution in [2.75, 3.05) is 0 Å². The second-order valence-corrected chi connectivity index (χ2v) is 10.6. The minimum atomic E-state index is 0.963. The Morgan fingerprint density at radius 2 is 1.49 bits per heavy atom. The summed E-state index contributed by atoms with van der Waals surface area (Å²) in [5.41, 5.74) is 8.75. The zero-order chi connectivity index (χ0) is 25.8. The highest BCUT2D eigenvalue weighted by molar-refractivity contribution is 7.21. The summed E-state index contributed by atoms with van der Waals surface area (Å²) in [6, 6.07) is 40.5. The molecule has 4 nitrogen and oxygen atoms in total. The summed E-state index contributed by atoms with van der Waals surface area (Å²) in [6.07, 6.45) is 6.05. The van der Waals surface area contributed by atoms with E-state index in [0.717, 1.165) is 44.2 Å². The van der Waals surface area contributed by atoms with E-state index in [1.54, 1.807) is 11.3 Å². The van der Waals surface area contributed by atoms with E-state index in [4.69, 9.17) is 4.98 Å². The van der Waals surface area contributed by atoms with E-state index in [9.17, 15) is 0 Å². The molecule has 0 saturated heterocycles. The van der Waals surface area contributed by atoms with Crippen LogP contribution in [0.25, 0.3) is 65.2 Å². The maximum Gasteiger partial charge on any atom is 0.126 e. The number of thiazole rings is 1. The predicted octanol–water partition coefficient (Wildman–Crippen LogP) is 8.91. The first-order valence-electron chi connectivity index (χ1n) is 12.9. The lowest BCUT2D eigenvalue weighted by molar-refractivity contribution is 1.08. The highest BCUT2D eigenvalue weighted by Crippen LogP contribution is 2.40. The third-order valence-electron chi connectivity index (χ3n) is 7.26. The van der Waals surface area contributed by atoms with Crippen molar-refractivity contribution in [2.45, 2.75) is 0 Å². The molecule has 0 aliphatic rings. The van der Waals surface area contributed by atoms with Crippen LogP contribution in [0.5, 0.6) is 0 Å². The van der Waals surface area contributed by atoms with E-state index >= 15 is 0 Å². The molecule has 0 spiro atoms. The van der Waals surface area contributed by atoms with Crippen molar-refractivity contribution in [2.24, 2.45) is 0 Å². The quantitative estimate of drug-likeness (QED) is 0.233. The van der Waals surface area contributed by atoms with Gasteiger partial charge >= 0.3 is 0 Å². The zero-order valence-electron chi connectivity index (χ0n) is 20.9. The van der Waals surface area contributed by atoms with E-state index in [0.29, 0.717) is 0 Å². The Morgan fingerprint density at radius 1 is 0.641 bits per heavy atom. The summed E-state index contributed by atoms with van der Waals surface area (Å²) in [6.45, 7) is 0. The SMILES string of the molecule is c1ccc(-c2cccc(-n3c4ccccc4c4cc(-n5cccc5)c(-c5nc6ccccc6s5)cc43)c2)nc1. The highest BCUT2D eigenvalue weighted by atomic mass is 32.1. The van der Waals surface area contributed by atoms with Gasteiger partial charge in [0.05, 0.1) is 32.6 Å². The second-order valence-electron chi connectivity index (χ2n) is 9.58. The molecule has 0 atom stereocenters. The van der Waals surface area contributed by atoms with E-state index in [1.165, 1.54) is 21.0 Å². The summed E-state index contributed by atoms with van der Waals surface area (Å²) in [4.78, 5) is 9.65. The van der Waals surface area contributed by atoms with Crippen LogP contribution in [-0.4, -0.2) is 19.1 Å². The lowest BCUT2D eigenvalue weighted by Crippen LogP contribution is -1.97. The van der Waals surface area contributed by atoms with Crippen molar-refractivity contribution in [3.63, 3.8) is 0 Å². The van der Waals surface area contributed by atoms with Crippen molar-refractivity contribution in [3.8, 4) is 33.2 Å². The molecule has 0 amide bonds. The maximum atomic E-state index is 5.06. The molecule has 39 heavy (non-hydrogen) atoms. The fourth-order valence-electron chi connectivity index (χ4n) is 5.49. The zero-order valence-corrected chi connectivity index (χ0v) is 21.7. The molecular formula is C34H22N4S. The smallest absolute Gasteiger partial charge is 0.126 e. The van der Waals surface area contributed by atoms with Gasteiger partial charge in [-0.05, 0) is 66.7 Å². The van der Waals surface area contributed by atoms with Crippen molar-refractivity contribution in [1.29, 1.82) is 0 Å². The van der Waals surface area contributed by atoms with Crippen LogP contribution >= 0.6 is 11.3 Å². The van der Waals surface area contributed by atoms with Gasteiger partial charge in [0.1, 0.15) is 5.01 Å². The Bertz CT molecular complexity index is 2090. The van der Waals surface area contributed by atoms with E-state index in [2.05, 4.69) is 124 Å². The molecule has 8 aromatic rings. The normalized spacial score (nSPS) is 11.6. The third-order valence-corrected chi connectivity index (χ3v) is 8.33. The first kappa shape index (κ1) is 22.0. The molecule has 0 aliphatic heterocycles. The molecule has 0 N–H and O–H groups in total. The van der Waals surface area contributed by atoms with Crippen molar-refractivity contribution in [1.82, 2.24) is 19.1 Å². The Labute approximate surface area is 229 Å². The Hall–Kier alpha value is -5.00. The average molecular weight is 519 g/mol. The topological polar surface area (TPSA) is 35.6 Å². The van der Waals surface area contributed by atoms with Gasteiger partial charge in [-0.25, -0.2) is 4.98 Å². The Kier molecular flexibility index (Phi) is 4.96. The molecule has 0 fully saturated rings. The Morgan fingerprint density at radius 3 is 2.36 bits per heavy atom. The monoisotopic (exact) mass is 518 g/mol. The van der Waals surface area contributed by atoms with Gasteiger partial charge in [-0.2, -0.15) is 0 Å². The number of rotatable bonds is 4. The lowest BCUT2D eigenvalue weighted by Gasteiger charge is -2.13. The van der Waals surface area contributed by atoms with Gasteiger partial charge in [0, 0.05) is 46.2 Å². The maximum absolute atomic E-state index is 5.06. The molecular weight excluding hydrogens is 496 g/mol. The van der Waals surface area contributed by atoms with Gasteiger partial charge in [0.2, 0.25) is 0 Å². The molecule has 5 heteroatoms. The average Bonchev–Trinajstić information content (AvgIpc) is 3.75. The Balaban J connectivity index is 1.45. The predicted molar refractivity (Wildman–Crippen MR) is 162 cm³/mol. The van der Waals surface area contributed by atoms with E-state index in [-0.39, 0.29) is 0 Å². The van der Waals surface area contributed by atoms with Crippen LogP contribution in [0.1, 0.15) is 0 Å². The lowest BCUT2D eigenvalue weighted by atomic mass is 10.1.